The van der Waals surface area contributed by atoms with Crippen LogP contribution in [0.15, 0.2) is 12.1 Å². The number of benzene rings is 1. The SMILES string of the molecule is FC(F)Oc1c(Cl)cc(NCC2CCSC2)cc1Cl. The highest BCUT2D eigenvalue weighted by Crippen LogP contribution is 2.37. The molecule has 1 fully saturated rings. The van der Waals surface area contributed by atoms with Crippen LogP contribution in [0.4, 0.5) is 14.5 Å². The van der Waals surface area contributed by atoms with Crippen molar-refractivity contribution in [1.29, 1.82) is 0 Å². The average molecular weight is 328 g/mol. The molecule has 1 aromatic carbocycles. The molecular weight excluding hydrogens is 315 g/mol. The first-order chi connectivity index (χ1) is 9.06. The van der Waals surface area contributed by atoms with Crippen LogP contribution in [0, 0.1) is 5.92 Å². The van der Waals surface area contributed by atoms with E-state index >= 15 is 0 Å². The number of alkyl halides is 2. The third-order valence-electron chi connectivity index (χ3n) is 2.82. The van der Waals surface area contributed by atoms with Crippen LogP contribution in [-0.4, -0.2) is 24.7 Å². The van der Waals surface area contributed by atoms with Gasteiger partial charge in [-0.3, -0.25) is 0 Å². The van der Waals surface area contributed by atoms with Gasteiger partial charge in [0.1, 0.15) is 0 Å². The van der Waals surface area contributed by atoms with Gasteiger partial charge in [0.2, 0.25) is 0 Å². The molecule has 106 valence electrons. The van der Waals surface area contributed by atoms with Crippen LogP contribution in [0.1, 0.15) is 6.42 Å². The summed E-state index contributed by atoms with van der Waals surface area (Å²) >= 11 is 13.7. The van der Waals surface area contributed by atoms with E-state index in [2.05, 4.69) is 10.1 Å². The summed E-state index contributed by atoms with van der Waals surface area (Å²) in [7, 11) is 0. The van der Waals surface area contributed by atoms with E-state index in [9.17, 15) is 8.78 Å². The molecule has 1 atom stereocenters. The van der Waals surface area contributed by atoms with Gasteiger partial charge in [-0.05, 0) is 36.0 Å². The van der Waals surface area contributed by atoms with E-state index in [1.54, 1.807) is 12.1 Å². The number of hydrogen-bond acceptors (Lipinski definition) is 3. The summed E-state index contributed by atoms with van der Waals surface area (Å²) in [6.07, 6.45) is 1.19. The predicted molar refractivity (Wildman–Crippen MR) is 77.0 cm³/mol. The molecule has 0 saturated carbocycles. The minimum atomic E-state index is -2.94. The zero-order valence-corrected chi connectivity index (χ0v) is 12.3. The van der Waals surface area contributed by atoms with Crippen LogP contribution < -0.4 is 10.1 Å². The van der Waals surface area contributed by atoms with Gasteiger partial charge in [-0.1, -0.05) is 23.2 Å². The summed E-state index contributed by atoms with van der Waals surface area (Å²) in [6, 6.07) is 3.10. The molecule has 1 unspecified atom stereocenters. The molecule has 1 saturated heterocycles. The molecule has 19 heavy (non-hydrogen) atoms. The standard InChI is InChI=1S/C12H13Cl2F2NOS/c13-9-3-8(17-5-7-1-2-19-6-7)4-10(14)11(9)18-12(15)16/h3-4,7,12,17H,1-2,5-6H2. The highest BCUT2D eigenvalue weighted by atomic mass is 35.5. The zero-order chi connectivity index (χ0) is 13.8. The maximum Gasteiger partial charge on any atom is 0.387 e. The zero-order valence-electron chi connectivity index (χ0n) is 9.97. The lowest BCUT2D eigenvalue weighted by atomic mass is 10.1. The molecule has 1 aliphatic rings. The Morgan fingerprint density at radius 2 is 2.05 bits per heavy atom. The Morgan fingerprint density at radius 3 is 2.58 bits per heavy atom. The number of halogens is 4. The first-order valence-electron chi connectivity index (χ1n) is 5.81. The molecule has 2 nitrogen and oxygen atoms in total. The van der Waals surface area contributed by atoms with Gasteiger partial charge in [0.15, 0.2) is 5.75 Å². The minimum absolute atomic E-state index is 0.0797. The quantitative estimate of drug-likeness (QED) is 0.842. The summed E-state index contributed by atoms with van der Waals surface area (Å²) in [6.45, 7) is -2.11. The first kappa shape index (κ1) is 15.0. The van der Waals surface area contributed by atoms with E-state index in [1.807, 2.05) is 11.8 Å². The third-order valence-corrected chi connectivity index (χ3v) is 4.62. The number of hydrogen-bond donors (Lipinski definition) is 1. The molecule has 0 spiro atoms. The van der Waals surface area contributed by atoms with E-state index in [1.165, 1.54) is 12.2 Å². The Balaban J connectivity index is 2.01. The van der Waals surface area contributed by atoms with E-state index in [4.69, 9.17) is 23.2 Å². The van der Waals surface area contributed by atoms with Crippen molar-refractivity contribution in [3.8, 4) is 5.75 Å². The number of rotatable bonds is 5. The summed E-state index contributed by atoms with van der Waals surface area (Å²) < 4.78 is 28.6. The minimum Gasteiger partial charge on any atom is -0.432 e. The van der Waals surface area contributed by atoms with Crippen LogP contribution in [0.3, 0.4) is 0 Å². The van der Waals surface area contributed by atoms with Gasteiger partial charge >= 0.3 is 6.61 Å². The molecule has 0 amide bonds. The average Bonchev–Trinajstić information content (AvgIpc) is 2.84. The van der Waals surface area contributed by atoms with Crippen LogP contribution in [0.2, 0.25) is 10.0 Å². The van der Waals surface area contributed by atoms with Crippen molar-refractivity contribution in [2.24, 2.45) is 5.92 Å². The van der Waals surface area contributed by atoms with Gasteiger partial charge in [0, 0.05) is 12.2 Å². The summed E-state index contributed by atoms with van der Waals surface area (Å²) in [4.78, 5) is 0. The van der Waals surface area contributed by atoms with Crippen molar-refractivity contribution in [1.82, 2.24) is 0 Å². The van der Waals surface area contributed by atoms with Gasteiger partial charge in [0.25, 0.3) is 0 Å². The number of thioether (sulfide) groups is 1. The summed E-state index contributed by atoms with van der Waals surface area (Å²) in [5.41, 5.74) is 0.716. The van der Waals surface area contributed by atoms with Gasteiger partial charge in [-0.15, -0.1) is 0 Å². The van der Waals surface area contributed by atoms with Crippen LogP contribution in [-0.2, 0) is 0 Å². The molecule has 0 bridgehead atoms. The largest absolute Gasteiger partial charge is 0.432 e. The maximum absolute atomic E-state index is 12.2. The number of ether oxygens (including phenoxy) is 1. The fourth-order valence-corrected chi connectivity index (χ4v) is 3.73. The van der Waals surface area contributed by atoms with Crippen molar-refractivity contribution >= 4 is 40.7 Å². The predicted octanol–water partition coefficient (Wildman–Crippen LogP) is 4.76. The lowest BCUT2D eigenvalue weighted by Crippen LogP contribution is -2.13. The van der Waals surface area contributed by atoms with Crippen molar-refractivity contribution < 1.29 is 13.5 Å². The van der Waals surface area contributed by atoms with E-state index in [0.717, 1.165) is 12.3 Å². The second-order valence-electron chi connectivity index (χ2n) is 4.26. The Bertz CT molecular complexity index is 419. The lowest BCUT2D eigenvalue weighted by molar-refractivity contribution is -0.0497. The topological polar surface area (TPSA) is 21.3 Å². The molecule has 1 N–H and O–H groups in total. The molecular formula is C12H13Cl2F2NOS. The smallest absolute Gasteiger partial charge is 0.387 e. The molecule has 7 heteroatoms. The molecule has 0 radical (unpaired) electrons. The molecule has 1 aliphatic heterocycles. The van der Waals surface area contributed by atoms with Crippen LogP contribution >= 0.6 is 35.0 Å². The number of nitrogens with one attached hydrogen (secondary N) is 1. The van der Waals surface area contributed by atoms with E-state index < -0.39 is 6.61 Å². The fourth-order valence-electron chi connectivity index (χ4n) is 1.87. The molecule has 0 aromatic heterocycles. The number of anilines is 1. The van der Waals surface area contributed by atoms with Gasteiger partial charge < -0.3 is 10.1 Å². The fraction of sp³-hybridized carbons (Fsp3) is 0.500. The lowest BCUT2D eigenvalue weighted by Gasteiger charge is -2.14. The second kappa shape index (κ2) is 6.86. The van der Waals surface area contributed by atoms with Crippen LogP contribution in [0.5, 0.6) is 5.75 Å². The molecule has 0 aliphatic carbocycles. The highest BCUT2D eigenvalue weighted by molar-refractivity contribution is 7.99. The first-order valence-corrected chi connectivity index (χ1v) is 7.73. The maximum atomic E-state index is 12.2. The van der Waals surface area contributed by atoms with E-state index in [-0.39, 0.29) is 15.8 Å². The normalized spacial score (nSPS) is 18.9. The molecule has 1 heterocycles. The molecule has 1 aromatic rings. The summed E-state index contributed by atoms with van der Waals surface area (Å²) in [5, 5.41) is 3.38. The Labute approximate surface area is 124 Å². The van der Waals surface area contributed by atoms with Crippen molar-refractivity contribution in [2.45, 2.75) is 13.0 Å². The molecule has 2 rings (SSSR count). The Morgan fingerprint density at radius 1 is 1.37 bits per heavy atom. The van der Waals surface area contributed by atoms with Gasteiger partial charge in [-0.25, -0.2) is 0 Å². The van der Waals surface area contributed by atoms with Gasteiger partial charge in [-0.2, -0.15) is 20.5 Å². The van der Waals surface area contributed by atoms with Gasteiger partial charge in [0.05, 0.1) is 10.0 Å². The van der Waals surface area contributed by atoms with Crippen molar-refractivity contribution in [2.75, 3.05) is 23.4 Å². The van der Waals surface area contributed by atoms with Crippen molar-refractivity contribution in [3.63, 3.8) is 0 Å². The van der Waals surface area contributed by atoms with Crippen LogP contribution in [0.25, 0.3) is 0 Å². The van der Waals surface area contributed by atoms with Crippen molar-refractivity contribution in [3.05, 3.63) is 22.2 Å². The monoisotopic (exact) mass is 327 g/mol. The Hall–Kier alpha value is -0.390. The summed E-state index contributed by atoms with van der Waals surface area (Å²) in [5.74, 6) is 2.77. The third kappa shape index (κ3) is 4.29. The highest BCUT2D eigenvalue weighted by Gasteiger charge is 2.17. The Kier molecular flexibility index (Phi) is 5.42. The second-order valence-corrected chi connectivity index (χ2v) is 6.22. The van der Waals surface area contributed by atoms with E-state index in [0.29, 0.717) is 11.6 Å².